The van der Waals surface area contributed by atoms with E-state index in [4.69, 9.17) is 0 Å². The zero-order valence-corrected chi connectivity index (χ0v) is 14.5. The van der Waals surface area contributed by atoms with Crippen molar-refractivity contribution in [3.05, 3.63) is 0 Å². The van der Waals surface area contributed by atoms with Gasteiger partial charge in [-0.25, -0.2) is 4.79 Å². The number of rotatable bonds is 7. The molecule has 184 valence electrons. The summed E-state index contributed by atoms with van der Waals surface area (Å²) >= 11 is 0. The monoisotopic (exact) mass is 497 g/mol. The van der Waals surface area contributed by atoms with Crippen molar-refractivity contribution in [3.8, 4) is 0 Å². The predicted octanol–water partition coefficient (Wildman–Crippen LogP) is 5.30. The third-order valence-corrected chi connectivity index (χ3v) is 4.11. The summed E-state index contributed by atoms with van der Waals surface area (Å²) in [5.74, 6) is -51.8. The maximum atomic E-state index is 13.6. The van der Waals surface area contributed by atoms with Crippen LogP contribution < -0.4 is 0 Å². The van der Waals surface area contributed by atoms with Crippen LogP contribution in [0.2, 0.25) is 0 Å². The number of carbonyl (C=O) groups is 1. The molecule has 0 N–H and O–H groups in total. The van der Waals surface area contributed by atoms with Crippen molar-refractivity contribution in [2.75, 3.05) is 13.1 Å². The lowest BCUT2D eigenvalue weighted by atomic mass is 9.91. The molecule has 0 radical (unpaired) electrons. The van der Waals surface area contributed by atoms with Gasteiger partial charge in [-0.2, -0.15) is 65.9 Å². The van der Waals surface area contributed by atoms with Gasteiger partial charge < -0.3 is 4.84 Å². The number of halogens is 15. The number of alkyl halides is 15. The molecule has 1 fully saturated rings. The van der Waals surface area contributed by atoms with Crippen LogP contribution in [-0.4, -0.2) is 65.8 Å². The average Bonchev–Trinajstić information content (AvgIpc) is 2.60. The average molecular weight is 497 g/mol. The molecule has 1 rings (SSSR count). The van der Waals surface area contributed by atoms with Crippen molar-refractivity contribution in [3.63, 3.8) is 0 Å². The number of hydroxylamine groups is 2. The summed E-state index contributed by atoms with van der Waals surface area (Å²) < 4.78 is 195. The van der Waals surface area contributed by atoms with E-state index < -0.39 is 60.8 Å². The standard InChI is InChI=1S/C13H10F15NO2/c14-7(15,6(30)31-29-4-2-1-3-5-29)8(16,17)9(18,19)10(20,21)11(22,23)12(24,25)13(26,27)28/h1-5H2. The molecular formula is C13H10F15NO2. The molecule has 0 aliphatic carbocycles. The van der Waals surface area contributed by atoms with E-state index in [0.717, 1.165) is 0 Å². The Kier molecular flexibility index (Phi) is 6.86. The van der Waals surface area contributed by atoms with E-state index >= 15 is 0 Å². The second-order valence-corrected chi connectivity index (χ2v) is 6.31. The zero-order valence-electron chi connectivity index (χ0n) is 14.5. The van der Waals surface area contributed by atoms with Crippen LogP contribution in [-0.2, 0) is 9.63 Å². The quantitative estimate of drug-likeness (QED) is 0.447. The van der Waals surface area contributed by atoms with Gasteiger partial charge in [0.15, 0.2) is 0 Å². The first-order chi connectivity index (χ1) is 13.5. The molecule has 0 aromatic rings. The Morgan fingerprint density at radius 3 is 1.29 bits per heavy atom. The van der Waals surface area contributed by atoms with Crippen molar-refractivity contribution in [2.45, 2.75) is 61.0 Å². The van der Waals surface area contributed by atoms with Gasteiger partial charge in [-0.15, -0.1) is 5.06 Å². The van der Waals surface area contributed by atoms with Crippen LogP contribution >= 0.6 is 0 Å². The minimum Gasteiger partial charge on any atom is -0.363 e. The molecule has 0 bridgehead atoms. The fourth-order valence-electron chi connectivity index (χ4n) is 2.23. The van der Waals surface area contributed by atoms with Gasteiger partial charge in [-0.3, -0.25) is 0 Å². The van der Waals surface area contributed by atoms with Gasteiger partial charge in [0, 0.05) is 13.1 Å². The largest absolute Gasteiger partial charge is 0.460 e. The van der Waals surface area contributed by atoms with Crippen LogP contribution in [0.15, 0.2) is 0 Å². The minimum atomic E-state index is -8.43. The van der Waals surface area contributed by atoms with Crippen LogP contribution in [0.4, 0.5) is 65.9 Å². The fraction of sp³-hybridized carbons (Fsp3) is 0.923. The van der Waals surface area contributed by atoms with E-state index in [1.807, 2.05) is 0 Å². The van der Waals surface area contributed by atoms with Crippen LogP contribution in [0.5, 0.6) is 0 Å². The van der Waals surface area contributed by atoms with E-state index in [1.54, 1.807) is 0 Å². The summed E-state index contributed by atoms with van der Waals surface area (Å²) in [6.07, 6.45) is -7.03. The van der Waals surface area contributed by atoms with Gasteiger partial charge in [-0.1, -0.05) is 6.42 Å². The molecule has 1 aliphatic heterocycles. The normalized spacial score (nSPS) is 18.8. The summed E-state index contributed by atoms with van der Waals surface area (Å²) in [4.78, 5) is 14.8. The predicted molar refractivity (Wildman–Crippen MR) is 67.3 cm³/mol. The summed E-state index contributed by atoms with van der Waals surface area (Å²) in [5, 5.41) is 0.221. The van der Waals surface area contributed by atoms with Crippen molar-refractivity contribution >= 4 is 5.97 Å². The molecule has 1 heterocycles. The Morgan fingerprint density at radius 2 is 0.903 bits per heavy atom. The second-order valence-electron chi connectivity index (χ2n) is 6.31. The first kappa shape index (κ1) is 27.4. The van der Waals surface area contributed by atoms with Crippen LogP contribution in [0.3, 0.4) is 0 Å². The van der Waals surface area contributed by atoms with Crippen molar-refractivity contribution in [1.82, 2.24) is 5.06 Å². The second kappa shape index (κ2) is 7.75. The van der Waals surface area contributed by atoms with Crippen molar-refractivity contribution in [2.24, 2.45) is 0 Å². The highest BCUT2D eigenvalue weighted by Gasteiger charge is 2.94. The molecule has 31 heavy (non-hydrogen) atoms. The van der Waals surface area contributed by atoms with Gasteiger partial charge in [0.25, 0.3) is 0 Å². The molecule has 0 unspecified atom stereocenters. The first-order valence-electron chi connectivity index (χ1n) is 7.81. The van der Waals surface area contributed by atoms with Crippen molar-refractivity contribution < 1.29 is 75.5 Å². The summed E-state index contributed by atoms with van der Waals surface area (Å²) in [6.45, 7) is -0.814. The lowest BCUT2D eigenvalue weighted by Crippen LogP contribution is -2.73. The Bertz CT molecular complexity index is 666. The molecule has 0 saturated carbocycles. The van der Waals surface area contributed by atoms with Gasteiger partial charge in [0.1, 0.15) is 0 Å². The van der Waals surface area contributed by atoms with Gasteiger partial charge in [-0.05, 0) is 12.8 Å². The van der Waals surface area contributed by atoms with E-state index in [1.165, 1.54) is 0 Å². The lowest BCUT2D eigenvalue weighted by molar-refractivity contribution is -0.450. The molecule has 0 aromatic heterocycles. The fourth-order valence-corrected chi connectivity index (χ4v) is 2.23. The number of carbonyl (C=O) groups excluding carboxylic acids is 1. The Labute approximate surface area is 162 Å². The zero-order chi connectivity index (χ0) is 24.9. The Balaban J connectivity index is 3.38. The number of piperidine rings is 1. The van der Waals surface area contributed by atoms with Gasteiger partial charge in [0.05, 0.1) is 0 Å². The Morgan fingerprint density at radius 1 is 0.548 bits per heavy atom. The van der Waals surface area contributed by atoms with E-state index in [0.29, 0.717) is 6.42 Å². The molecule has 0 spiro atoms. The van der Waals surface area contributed by atoms with Crippen LogP contribution in [0, 0.1) is 0 Å². The van der Waals surface area contributed by atoms with Crippen LogP contribution in [0.1, 0.15) is 19.3 Å². The highest BCUT2D eigenvalue weighted by Crippen LogP contribution is 2.62. The van der Waals surface area contributed by atoms with E-state index in [2.05, 4.69) is 4.84 Å². The molecule has 0 amide bonds. The number of nitrogens with zero attached hydrogens (tertiary/aromatic N) is 1. The Hall–Kier alpha value is -1.62. The topological polar surface area (TPSA) is 29.5 Å². The first-order valence-corrected chi connectivity index (χ1v) is 7.81. The maximum Gasteiger partial charge on any atom is 0.460 e. The molecule has 3 nitrogen and oxygen atoms in total. The number of hydrogen-bond donors (Lipinski definition) is 0. The van der Waals surface area contributed by atoms with Crippen molar-refractivity contribution in [1.29, 1.82) is 0 Å². The molecular weight excluding hydrogens is 487 g/mol. The van der Waals surface area contributed by atoms with Crippen LogP contribution in [0.25, 0.3) is 0 Å². The smallest absolute Gasteiger partial charge is 0.363 e. The minimum absolute atomic E-state index is 0.113. The van der Waals surface area contributed by atoms with Gasteiger partial charge >= 0.3 is 47.7 Å². The van der Waals surface area contributed by atoms with E-state index in [-0.39, 0.29) is 17.9 Å². The van der Waals surface area contributed by atoms with E-state index in [9.17, 15) is 70.7 Å². The molecule has 0 atom stereocenters. The molecule has 1 aliphatic rings. The third kappa shape index (κ3) is 3.99. The molecule has 1 saturated heterocycles. The SMILES string of the molecule is O=C(ON1CCCCC1)C(F)(F)C(F)(F)C(F)(F)C(F)(F)C(F)(F)C(F)(F)C(F)(F)F. The third-order valence-electron chi connectivity index (χ3n) is 4.11. The summed E-state index contributed by atoms with van der Waals surface area (Å²) in [6, 6.07) is 0. The molecule has 18 heteroatoms. The summed E-state index contributed by atoms with van der Waals surface area (Å²) in [5.41, 5.74) is 0. The number of hydrogen-bond acceptors (Lipinski definition) is 3. The highest BCUT2D eigenvalue weighted by atomic mass is 19.4. The maximum absolute atomic E-state index is 13.6. The lowest BCUT2D eigenvalue weighted by Gasteiger charge is -2.41. The molecule has 0 aromatic carbocycles. The van der Waals surface area contributed by atoms with Gasteiger partial charge in [0.2, 0.25) is 0 Å². The summed E-state index contributed by atoms with van der Waals surface area (Å²) in [7, 11) is 0. The highest BCUT2D eigenvalue weighted by molar-refractivity contribution is 5.79.